The monoisotopic (exact) mass is 366 g/mol. The van der Waals surface area contributed by atoms with Crippen molar-refractivity contribution in [1.82, 2.24) is 20.5 Å². The number of urea groups is 1. The van der Waals surface area contributed by atoms with Gasteiger partial charge in [-0.1, -0.05) is 36.4 Å². The lowest BCUT2D eigenvalue weighted by atomic mass is 10.1. The van der Waals surface area contributed by atoms with Gasteiger partial charge in [-0.3, -0.25) is 19.5 Å². The molecule has 3 rings (SSSR count). The molecule has 0 spiro atoms. The van der Waals surface area contributed by atoms with E-state index in [2.05, 4.69) is 15.6 Å². The van der Waals surface area contributed by atoms with Crippen molar-refractivity contribution >= 4 is 17.8 Å². The minimum absolute atomic E-state index is 0.144. The van der Waals surface area contributed by atoms with E-state index in [1.165, 1.54) is 4.90 Å². The molecular formula is C20H22N4O3. The molecule has 1 aromatic carbocycles. The maximum Gasteiger partial charge on any atom is 0.325 e. The van der Waals surface area contributed by atoms with Crippen molar-refractivity contribution in [3.8, 4) is 0 Å². The van der Waals surface area contributed by atoms with Gasteiger partial charge in [0.2, 0.25) is 5.91 Å². The Labute approximate surface area is 157 Å². The van der Waals surface area contributed by atoms with Crippen LogP contribution in [0.5, 0.6) is 0 Å². The van der Waals surface area contributed by atoms with Crippen LogP contribution in [0.25, 0.3) is 0 Å². The normalized spacial score (nSPS) is 16.3. The molecule has 1 fully saturated rings. The van der Waals surface area contributed by atoms with E-state index in [0.717, 1.165) is 11.3 Å². The zero-order valence-corrected chi connectivity index (χ0v) is 14.9. The topological polar surface area (TPSA) is 91.4 Å². The Morgan fingerprint density at radius 2 is 1.89 bits per heavy atom. The Bertz CT molecular complexity index is 795. The summed E-state index contributed by atoms with van der Waals surface area (Å²) in [5.74, 6) is -0.431. The van der Waals surface area contributed by atoms with E-state index in [4.69, 9.17) is 0 Å². The molecule has 2 aromatic rings. The molecule has 1 unspecified atom stereocenters. The van der Waals surface area contributed by atoms with Gasteiger partial charge in [-0.05, 0) is 24.1 Å². The second kappa shape index (κ2) is 8.93. The van der Waals surface area contributed by atoms with Crippen molar-refractivity contribution in [2.24, 2.45) is 0 Å². The van der Waals surface area contributed by atoms with Gasteiger partial charge in [-0.2, -0.15) is 0 Å². The van der Waals surface area contributed by atoms with Crippen molar-refractivity contribution in [2.75, 3.05) is 6.54 Å². The molecule has 1 aliphatic heterocycles. The number of imide groups is 1. The largest absolute Gasteiger partial charge is 0.356 e. The third-order valence-electron chi connectivity index (χ3n) is 4.38. The number of carbonyl (C=O) groups excluding carboxylic acids is 3. The molecular weight excluding hydrogens is 344 g/mol. The molecule has 2 N–H and O–H groups in total. The van der Waals surface area contributed by atoms with E-state index in [0.29, 0.717) is 13.0 Å². The number of nitrogens with zero attached hydrogens (tertiary/aromatic N) is 2. The third-order valence-corrected chi connectivity index (χ3v) is 4.38. The number of aromatic nitrogens is 1. The predicted octanol–water partition coefficient (Wildman–Crippen LogP) is 1.64. The van der Waals surface area contributed by atoms with E-state index in [9.17, 15) is 14.4 Å². The Balaban J connectivity index is 1.42. The average Bonchev–Trinajstić information content (AvgIpc) is 2.95. The van der Waals surface area contributed by atoms with Gasteiger partial charge >= 0.3 is 6.03 Å². The molecule has 0 bridgehead atoms. The summed E-state index contributed by atoms with van der Waals surface area (Å²) in [6.07, 6.45) is 2.83. The molecule has 0 radical (unpaired) electrons. The summed E-state index contributed by atoms with van der Waals surface area (Å²) in [5, 5.41) is 5.47. The van der Waals surface area contributed by atoms with Crippen LogP contribution in [0.15, 0.2) is 54.7 Å². The first-order valence-corrected chi connectivity index (χ1v) is 8.96. The van der Waals surface area contributed by atoms with Crippen LogP contribution in [0.2, 0.25) is 0 Å². The van der Waals surface area contributed by atoms with Gasteiger partial charge in [-0.25, -0.2) is 4.79 Å². The first-order valence-electron chi connectivity index (χ1n) is 8.96. The summed E-state index contributed by atoms with van der Waals surface area (Å²) in [4.78, 5) is 41.9. The lowest BCUT2D eigenvalue weighted by Gasteiger charge is -2.13. The standard InChI is InChI=1S/C20H22N4O3/c25-18(22-13-11-16-8-4-5-12-21-16)10-9-17-19(26)24(20(27)23-17)14-15-6-2-1-3-7-15/h1-8,12,17H,9-11,13-14H2,(H,22,25)(H,23,27). The second-order valence-corrected chi connectivity index (χ2v) is 6.37. The van der Waals surface area contributed by atoms with Crippen LogP contribution >= 0.6 is 0 Å². The first kappa shape index (κ1) is 18.6. The fourth-order valence-corrected chi connectivity index (χ4v) is 2.93. The second-order valence-electron chi connectivity index (χ2n) is 6.37. The summed E-state index contributed by atoms with van der Waals surface area (Å²) in [6, 6.07) is 13.9. The molecule has 2 heterocycles. The summed E-state index contributed by atoms with van der Waals surface area (Å²) < 4.78 is 0. The lowest BCUT2D eigenvalue weighted by Crippen LogP contribution is -2.33. The van der Waals surface area contributed by atoms with Crippen molar-refractivity contribution in [3.63, 3.8) is 0 Å². The van der Waals surface area contributed by atoms with Crippen LogP contribution in [0.3, 0.4) is 0 Å². The van der Waals surface area contributed by atoms with E-state index < -0.39 is 12.1 Å². The summed E-state index contributed by atoms with van der Waals surface area (Å²) in [5.41, 5.74) is 1.79. The van der Waals surface area contributed by atoms with Crippen molar-refractivity contribution < 1.29 is 14.4 Å². The van der Waals surface area contributed by atoms with Gasteiger partial charge in [0.25, 0.3) is 5.91 Å². The Kier molecular flexibility index (Phi) is 6.14. The molecule has 1 aromatic heterocycles. The Morgan fingerprint density at radius 3 is 2.63 bits per heavy atom. The fourth-order valence-electron chi connectivity index (χ4n) is 2.93. The minimum Gasteiger partial charge on any atom is -0.356 e. The van der Waals surface area contributed by atoms with Crippen LogP contribution in [-0.4, -0.2) is 40.3 Å². The van der Waals surface area contributed by atoms with Gasteiger partial charge in [-0.15, -0.1) is 0 Å². The number of carbonyl (C=O) groups is 3. The van der Waals surface area contributed by atoms with Gasteiger partial charge in [0, 0.05) is 31.3 Å². The quantitative estimate of drug-likeness (QED) is 0.695. The van der Waals surface area contributed by atoms with Gasteiger partial charge in [0.1, 0.15) is 6.04 Å². The zero-order chi connectivity index (χ0) is 19.1. The molecule has 27 heavy (non-hydrogen) atoms. The number of pyridine rings is 1. The number of hydrogen-bond donors (Lipinski definition) is 2. The molecule has 0 saturated carbocycles. The number of rotatable bonds is 8. The summed E-state index contributed by atoms with van der Waals surface area (Å²) in [6.45, 7) is 0.721. The first-order chi connectivity index (χ1) is 13.1. The molecule has 7 heteroatoms. The molecule has 7 nitrogen and oxygen atoms in total. The van der Waals surface area contributed by atoms with E-state index >= 15 is 0 Å². The van der Waals surface area contributed by atoms with Crippen LogP contribution in [0.4, 0.5) is 4.79 Å². The fraction of sp³-hybridized carbons (Fsp3) is 0.300. The summed E-state index contributed by atoms with van der Waals surface area (Å²) in [7, 11) is 0. The minimum atomic E-state index is -0.650. The third kappa shape index (κ3) is 5.13. The maximum atomic E-state index is 12.4. The van der Waals surface area contributed by atoms with Crippen LogP contribution in [-0.2, 0) is 22.6 Å². The van der Waals surface area contributed by atoms with Crippen molar-refractivity contribution in [2.45, 2.75) is 31.8 Å². The van der Waals surface area contributed by atoms with E-state index in [-0.39, 0.29) is 31.2 Å². The van der Waals surface area contributed by atoms with Crippen molar-refractivity contribution in [1.29, 1.82) is 0 Å². The molecule has 1 saturated heterocycles. The number of amides is 4. The molecule has 0 aliphatic carbocycles. The van der Waals surface area contributed by atoms with Crippen molar-refractivity contribution in [3.05, 3.63) is 66.0 Å². The molecule has 1 aliphatic rings. The Morgan fingerprint density at radius 1 is 1.11 bits per heavy atom. The number of nitrogens with one attached hydrogen (secondary N) is 2. The maximum absolute atomic E-state index is 12.4. The SMILES string of the molecule is O=C(CCC1NC(=O)N(Cc2ccccc2)C1=O)NCCc1ccccn1. The van der Waals surface area contributed by atoms with Crippen LogP contribution in [0, 0.1) is 0 Å². The highest BCUT2D eigenvalue weighted by molar-refractivity contribution is 6.04. The van der Waals surface area contributed by atoms with Crippen LogP contribution in [0.1, 0.15) is 24.1 Å². The predicted molar refractivity (Wildman–Crippen MR) is 99.5 cm³/mol. The highest BCUT2D eigenvalue weighted by Gasteiger charge is 2.37. The number of hydrogen-bond acceptors (Lipinski definition) is 4. The van der Waals surface area contributed by atoms with Gasteiger partial charge in [0.15, 0.2) is 0 Å². The van der Waals surface area contributed by atoms with E-state index in [1.54, 1.807) is 6.20 Å². The van der Waals surface area contributed by atoms with Crippen LogP contribution < -0.4 is 10.6 Å². The molecule has 140 valence electrons. The molecule has 1 atom stereocenters. The van der Waals surface area contributed by atoms with Gasteiger partial charge < -0.3 is 10.6 Å². The Hall–Kier alpha value is -3.22. The molecule has 4 amide bonds. The zero-order valence-electron chi connectivity index (χ0n) is 14.9. The lowest BCUT2D eigenvalue weighted by molar-refractivity contribution is -0.128. The number of benzene rings is 1. The van der Waals surface area contributed by atoms with E-state index in [1.807, 2.05) is 48.5 Å². The van der Waals surface area contributed by atoms with Gasteiger partial charge in [0.05, 0.1) is 6.54 Å². The highest BCUT2D eigenvalue weighted by atomic mass is 16.2. The summed E-state index contributed by atoms with van der Waals surface area (Å²) >= 11 is 0. The average molecular weight is 366 g/mol. The highest BCUT2D eigenvalue weighted by Crippen LogP contribution is 2.15. The smallest absolute Gasteiger partial charge is 0.325 e.